The van der Waals surface area contributed by atoms with Crippen LogP contribution in [-0.2, 0) is 21.2 Å². The Kier molecular flexibility index (Phi) is 6.70. The Bertz CT molecular complexity index is 1500. The van der Waals surface area contributed by atoms with Crippen LogP contribution >= 0.6 is 0 Å². The van der Waals surface area contributed by atoms with Crippen LogP contribution in [0, 0.1) is 20.8 Å². The largest absolute Gasteiger partial charge is 0.497 e. The number of sulfonamides is 1. The molecule has 0 saturated carbocycles. The molecule has 0 atom stereocenters. The first-order chi connectivity index (χ1) is 16.7. The summed E-state index contributed by atoms with van der Waals surface area (Å²) in [5.74, 6) is 0.902. The number of anilines is 2. The van der Waals surface area contributed by atoms with E-state index in [4.69, 9.17) is 4.74 Å². The van der Waals surface area contributed by atoms with Gasteiger partial charge in [-0.1, -0.05) is 6.07 Å². The Labute approximate surface area is 203 Å². The van der Waals surface area contributed by atoms with E-state index in [1.165, 1.54) is 19.5 Å². The Balaban J connectivity index is 1.47. The summed E-state index contributed by atoms with van der Waals surface area (Å²) in [4.78, 5) is 21.3. The number of methoxy groups -OCH3 is 1. The highest BCUT2D eigenvalue weighted by atomic mass is 32.2. The third kappa shape index (κ3) is 5.24. The summed E-state index contributed by atoms with van der Waals surface area (Å²) in [7, 11) is -2.33. The second-order valence-electron chi connectivity index (χ2n) is 8.10. The molecule has 0 spiro atoms. The minimum absolute atomic E-state index is 0.0821. The van der Waals surface area contributed by atoms with Gasteiger partial charge in [0.2, 0.25) is 5.91 Å². The van der Waals surface area contributed by atoms with Crippen molar-refractivity contribution in [2.24, 2.45) is 0 Å². The molecule has 2 aromatic carbocycles. The van der Waals surface area contributed by atoms with E-state index >= 15 is 0 Å². The zero-order valence-corrected chi connectivity index (χ0v) is 20.7. The molecule has 11 heteroatoms. The zero-order valence-electron chi connectivity index (χ0n) is 19.9. The maximum atomic E-state index is 13.0. The summed E-state index contributed by atoms with van der Waals surface area (Å²) in [6.45, 7) is 5.49. The summed E-state index contributed by atoms with van der Waals surface area (Å²) in [5, 5.41) is 6.97. The minimum atomic E-state index is -3.87. The predicted molar refractivity (Wildman–Crippen MR) is 132 cm³/mol. The molecule has 0 bridgehead atoms. The average Bonchev–Trinajstić information content (AvgIpc) is 3.29. The fraction of sp³-hybridized carbons (Fsp3) is 0.250. The molecule has 0 aliphatic carbocycles. The fourth-order valence-electron chi connectivity index (χ4n) is 3.82. The third-order valence-electron chi connectivity index (χ3n) is 5.69. The van der Waals surface area contributed by atoms with Gasteiger partial charge in [0.1, 0.15) is 12.1 Å². The van der Waals surface area contributed by atoms with Crippen LogP contribution in [0.4, 0.5) is 11.4 Å². The highest BCUT2D eigenvalue weighted by molar-refractivity contribution is 7.92. The molecule has 0 unspecified atom stereocenters. The maximum absolute atomic E-state index is 13.0. The molecular weight excluding hydrogens is 468 g/mol. The van der Waals surface area contributed by atoms with Gasteiger partial charge in [-0.2, -0.15) is 10.1 Å². The summed E-state index contributed by atoms with van der Waals surface area (Å²) in [6, 6.07) is 11.4. The van der Waals surface area contributed by atoms with E-state index in [-0.39, 0.29) is 17.2 Å². The Hall–Kier alpha value is -3.99. The molecule has 2 N–H and O–H groups in total. The first kappa shape index (κ1) is 24.1. The number of hydrogen-bond donors (Lipinski definition) is 2. The molecule has 182 valence electrons. The Morgan fingerprint density at radius 1 is 1.06 bits per heavy atom. The smallest absolute Gasteiger partial charge is 0.262 e. The number of carbonyl (C=O) groups excluding carboxylic acids is 1. The van der Waals surface area contributed by atoms with Crippen molar-refractivity contribution in [2.75, 3.05) is 17.1 Å². The summed E-state index contributed by atoms with van der Waals surface area (Å²) in [6.07, 6.45) is 2.10. The van der Waals surface area contributed by atoms with E-state index in [1.807, 2.05) is 13.8 Å². The second-order valence-corrected chi connectivity index (χ2v) is 9.75. The molecule has 2 heterocycles. The number of fused-ring (bicyclic) bond motifs is 1. The van der Waals surface area contributed by atoms with E-state index in [2.05, 4.69) is 25.1 Å². The summed E-state index contributed by atoms with van der Waals surface area (Å²) in [5.41, 5.74) is 3.96. The van der Waals surface area contributed by atoms with Crippen LogP contribution in [0.1, 0.15) is 28.9 Å². The number of ether oxygens (including phenoxy) is 1. The van der Waals surface area contributed by atoms with E-state index in [1.54, 1.807) is 47.8 Å². The minimum Gasteiger partial charge on any atom is -0.497 e. The van der Waals surface area contributed by atoms with Gasteiger partial charge in [0, 0.05) is 29.2 Å². The highest BCUT2D eigenvalue weighted by Gasteiger charge is 2.19. The van der Waals surface area contributed by atoms with Crippen LogP contribution in [0.3, 0.4) is 0 Å². The molecule has 10 nitrogen and oxygen atoms in total. The van der Waals surface area contributed by atoms with Crippen molar-refractivity contribution in [1.82, 2.24) is 19.6 Å². The number of aromatic nitrogens is 4. The van der Waals surface area contributed by atoms with Gasteiger partial charge in [0.25, 0.3) is 15.8 Å². The van der Waals surface area contributed by atoms with E-state index in [0.717, 1.165) is 17.0 Å². The van der Waals surface area contributed by atoms with Gasteiger partial charge in [0.15, 0.2) is 0 Å². The topological polar surface area (TPSA) is 128 Å². The molecule has 0 fully saturated rings. The van der Waals surface area contributed by atoms with Crippen molar-refractivity contribution < 1.29 is 17.9 Å². The third-order valence-corrected chi connectivity index (χ3v) is 7.22. The van der Waals surface area contributed by atoms with Crippen LogP contribution < -0.4 is 14.8 Å². The second kappa shape index (κ2) is 9.71. The molecule has 0 saturated heterocycles. The normalized spacial score (nSPS) is 11.4. The van der Waals surface area contributed by atoms with Crippen LogP contribution in [0.5, 0.6) is 5.75 Å². The molecule has 2 aromatic heterocycles. The number of nitrogens with one attached hydrogen (secondary N) is 2. The maximum Gasteiger partial charge on any atom is 0.262 e. The van der Waals surface area contributed by atoms with Crippen LogP contribution in [0.25, 0.3) is 5.78 Å². The van der Waals surface area contributed by atoms with Crippen molar-refractivity contribution >= 4 is 33.1 Å². The van der Waals surface area contributed by atoms with Gasteiger partial charge >= 0.3 is 0 Å². The van der Waals surface area contributed by atoms with Gasteiger partial charge < -0.3 is 10.1 Å². The first-order valence-electron chi connectivity index (χ1n) is 10.9. The number of nitrogens with zero attached hydrogens (tertiary/aromatic N) is 4. The molecule has 4 aromatic rings. The lowest BCUT2D eigenvalue weighted by Gasteiger charge is -2.13. The van der Waals surface area contributed by atoms with Gasteiger partial charge in [-0.3, -0.25) is 9.52 Å². The Morgan fingerprint density at radius 3 is 2.49 bits per heavy atom. The van der Waals surface area contributed by atoms with E-state index in [9.17, 15) is 13.2 Å². The molecule has 35 heavy (non-hydrogen) atoms. The van der Waals surface area contributed by atoms with Gasteiger partial charge in [-0.25, -0.2) is 17.9 Å². The molecule has 0 radical (unpaired) electrons. The van der Waals surface area contributed by atoms with Crippen molar-refractivity contribution in [1.29, 1.82) is 0 Å². The van der Waals surface area contributed by atoms with Crippen LogP contribution in [0.2, 0.25) is 0 Å². The van der Waals surface area contributed by atoms with Crippen molar-refractivity contribution in [3.05, 3.63) is 71.3 Å². The SMILES string of the molecule is COc1ccc(NS(=O)(=O)c2cc(NC(=O)CCc3c(C)nc4ncnn4c3C)ccc2C)cc1. The molecule has 0 aliphatic heterocycles. The highest BCUT2D eigenvalue weighted by Crippen LogP contribution is 2.24. The monoisotopic (exact) mass is 494 g/mol. The van der Waals surface area contributed by atoms with E-state index in [0.29, 0.717) is 34.9 Å². The standard InChI is InChI=1S/C24H26N6O4S/c1-15-5-6-19(13-22(15)35(32,33)29-18-7-9-20(34-4)10-8-18)28-23(31)12-11-21-16(2)27-24-25-14-26-30(24)17(21)3/h5-10,13-14,29H,11-12H2,1-4H3,(H,28,31). The number of aryl methyl sites for hydroxylation is 3. The quantitative estimate of drug-likeness (QED) is 0.384. The number of rotatable bonds is 8. The molecule has 1 amide bonds. The lowest BCUT2D eigenvalue weighted by Crippen LogP contribution is -2.17. The average molecular weight is 495 g/mol. The van der Waals surface area contributed by atoms with Crippen molar-refractivity contribution in [3.8, 4) is 5.75 Å². The van der Waals surface area contributed by atoms with E-state index < -0.39 is 10.0 Å². The van der Waals surface area contributed by atoms with Crippen LogP contribution in [-0.4, -0.2) is 41.0 Å². The molecular formula is C24H26N6O4S. The molecule has 4 rings (SSSR count). The number of carbonyl (C=O) groups is 1. The number of benzene rings is 2. The van der Waals surface area contributed by atoms with Crippen molar-refractivity contribution in [2.45, 2.75) is 38.5 Å². The lowest BCUT2D eigenvalue weighted by atomic mass is 10.1. The Morgan fingerprint density at radius 2 is 1.77 bits per heavy atom. The van der Waals surface area contributed by atoms with Gasteiger partial charge in [-0.15, -0.1) is 0 Å². The van der Waals surface area contributed by atoms with Crippen molar-refractivity contribution in [3.63, 3.8) is 0 Å². The van der Waals surface area contributed by atoms with Gasteiger partial charge in [0.05, 0.1) is 12.0 Å². The molecule has 0 aliphatic rings. The van der Waals surface area contributed by atoms with Crippen LogP contribution in [0.15, 0.2) is 53.7 Å². The summed E-state index contributed by atoms with van der Waals surface area (Å²) < 4.78 is 35.3. The zero-order chi connectivity index (χ0) is 25.2. The fourth-order valence-corrected chi connectivity index (χ4v) is 5.15. The number of amides is 1. The van der Waals surface area contributed by atoms with Gasteiger partial charge in [-0.05, 0) is 74.7 Å². The number of hydrogen-bond acceptors (Lipinski definition) is 7. The predicted octanol–water partition coefficient (Wildman–Crippen LogP) is 3.43. The lowest BCUT2D eigenvalue weighted by molar-refractivity contribution is -0.116. The summed E-state index contributed by atoms with van der Waals surface area (Å²) >= 11 is 0. The first-order valence-corrected chi connectivity index (χ1v) is 12.4.